The van der Waals surface area contributed by atoms with E-state index in [4.69, 9.17) is 5.11 Å². The van der Waals surface area contributed by atoms with Crippen LogP contribution in [0.4, 0.5) is 5.69 Å². The van der Waals surface area contributed by atoms with E-state index in [9.17, 15) is 8.42 Å². The van der Waals surface area contributed by atoms with Gasteiger partial charge in [-0.05, 0) is 18.6 Å². The second-order valence-corrected chi connectivity index (χ2v) is 5.86. The van der Waals surface area contributed by atoms with Crippen molar-refractivity contribution in [3.63, 3.8) is 0 Å². The largest absolute Gasteiger partial charge is 0.395 e. The molecule has 1 heterocycles. The van der Waals surface area contributed by atoms with E-state index < -0.39 is 10.0 Å². The minimum absolute atomic E-state index is 0.0127. The van der Waals surface area contributed by atoms with E-state index in [0.717, 1.165) is 6.42 Å². The first kappa shape index (κ1) is 15.9. The highest BCUT2D eigenvalue weighted by atomic mass is 32.2. The van der Waals surface area contributed by atoms with Gasteiger partial charge in [-0.1, -0.05) is 13.8 Å². The number of aliphatic hydroxyl groups excluding tert-OH is 1. The van der Waals surface area contributed by atoms with Crippen LogP contribution in [0.3, 0.4) is 0 Å². The van der Waals surface area contributed by atoms with Crippen LogP contribution >= 0.6 is 0 Å². The molecular weight excluding hydrogens is 266 g/mol. The number of pyridine rings is 1. The SMILES string of the molecule is CCCNc1cccnc1S(=O)(=O)N(CC)CCO. The van der Waals surface area contributed by atoms with Crippen LogP contribution in [0, 0.1) is 0 Å². The summed E-state index contributed by atoms with van der Waals surface area (Å²) in [7, 11) is -3.67. The van der Waals surface area contributed by atoms with E-state index in [0.29, 0.717) is 18.8 Å². The van der Waals surface area contributed by atoms with Crippen LogP contribution in [-0.4, -0.2) is 49.1 Å². The Morgan fingerprint density at radius 2 is 2.16 bits per heavy atom. The van der Waals surface area contributed by atoms with E-state index >= 15 is 0 Å². The van der Waals surface area contributed by atoms with E-state index in [1.807, 2.05) is 6.92 Å². The standard InChI is InChI=1S/C12H21N3O3S/c1-3-7-13-11-6-5-8-14-12(11)19(17,18)15(4-2)9-10-16/h5-6,8,13,16H,3-4,7,9-10H2,1-2H3. The zero-order valence-corrected chi connectivity index (χ0v) is 12.2. The van der Waals surface area contributed by atoms with Crippen molar-refractivity contribution in [1.29, 1.82) is 0 Å². The maximum absolute atomic E-state index is 12.4. The first-order valence-electron chi connectivity index (χ1n) is 6.37. The fraction of sp³-hybridized carbons (Fsp3) is 0.583. The lowest BCUT2D eigenvalue weighted by Crippen LogP contribution is -2.34. The van der Waals surface area contributed by atoms with Crippen molar-refractivity contribution in [2.45, 2.75) is 25.3 Å². The van der Waals surface area contributed by atoms with Gasteiger partial charge in [0.15, 0.2) is 5.03 Å². The van der Waals surface area contributed by atoms with Crippen LogP contribution in [0.5, 0.6) is 0 Å². The number of rotatable bonds is 8. The van der Waals surface area contributed by atoms with Gasteiger partial charge < -0.3 is 10.4 Å². The molecule has 0 aromatic carbocycles. The Bertz CT molecular complexity index is 491. The van der Waals surface area contributed by atoms with E-state index in [-0.39, 0.29) is 18.2 Å². The van der Waals surface area contributed by atoms with Gasteiger partial charge in [-0.2, -0.15) is 4.31 Å². The summed E-state index contributed by atoms with van der Waals surface area (Å²) in [4.78, 5) is 3.98. The van der Waals surface area contributed by atoms with Crippen LogP contribution in [0.1, 0.15) is 20.3 Å². The zero-order chi connectivity index (χ0) is 14.3. The summed E-state index contributed by atoms with van der Waals surface area (Å²) in [6, 6.07) is 3.39. The molecule has 0 atom stereocenters. The van der Waals surface area contributed by atoms with Crippen molar-refractivity contribution < 1.29 is 13.5 Å². The van der Waals surface area contributed by atoms with Gasteiger partial charge in [0.2, 0.25) is 0 Å². The molecule has 0 saturated heterocycles. The van der Waals surface area contributed by atoms with Crippen molar-refractivity contribution in [3.8, 4) is 0 Å². The molecule has 1 aromatic rings. The Morgan fingerprint density at radius 3 is 2.74 bits per heavy atom. The zero-order valence-electron chi connectivity index (χ0n) is 11.3. The number of hydrogen-bond donors (Lipinski definition) is 2. The minimum atomic E-state index is -3.67. The molecule has 108 valence electrons. The van der Waals surface area contributed by atoms with Gasteiger partial charge in [0.25, 0.3) is 10.0 Å². The van der Waals surface area contributed by atoms with Gasteiger partial charge in [0, 0.05) is 25.8 Å². The summed E-state index contributed by atoms with van der Waals surface area (Å²) in [6.45, 7) is 4.57. The third-order valence-corrected chi connectivity index (χ3v) is 4.56. The van der Waals surface area contributed by atoms with Crippen LogP contribution in [0.2, 0.25) is 0 Å². The summed E-state index contributed by atoms with van der Waals surface area (Å²) >= 11 is 0. The molecule has 0 amide bonds. The number of anilines is 1. The molecule has 0 saturated carbocycles. The van der Waals surface area contributed by atoms with Gasteiger partial charge in [0.05, 0.1) is 12.3 Å². The maximum atomic E-state index is 12.4. The Balaban J connectivity index is 3.12. The molecule has 0 bridgehead atoms. The molecule has 19 heavy (non-hydrogen) atoms. The average Bonchev–Trinajstić information content (AvgIpc) is 2.42. The third kappa shape index (κ3) is 3.89. The van der Waals surface area contributed by atoms with Crippen LogP contribution in [0.25, 0.3) is 0 Å². The number of sulfonamides is 1. The topological polar surface area (TPSA) is 82.5 Å². The number of aliphatic hydroxyl groups is 1. The van der Waals surface area contributed by atoms with E-state index in [2.05, 4.69) is 10.3 Å². The van der Waals surface area contributed by atoms with Gasteiger partial charge >= 0.3 is 0 Å². The smallest absolute Gasteiger partial charge is 0.262 e. The highest BCUT2D eigenvalue weighted by molar-refractivity contribution is 7.89. The molecule has 0 unspecified atom stereocenters. The monoisotopic (exact) mass is 287 g/mol. The number of hydrogen-bond acceptors (Lipinski definition) is 5. The Kier molecular flexibility index (Phi) is 6.20. The molecule has 0 aliphatic heterocycles. The van der Waals surface area contributed by atoms with Crippen molar-refractivity contribution in [2.75, 3.05) is 31.6 Å². The van der Waals surface area contributed by atoms with Crippen molar-refractivity contribution in [3.05, 3.63) is 18.3 Å². The number of nitrogens with zero attached hydrogens (tertiary/aromatic N) is 2. The molecule has 0 aliphatic carbocycles. The lowest BCUT2D eigenvalue weighted by molar-refractivity contribution is 0.257. The summed E-state index contributed by atoms with van der Waals surface area (Å²) in [6.07, 6.45) is 2.35. The molecule has 0 spiro atoms. The molecule has 0 aliphatic rings. The molecule has 0 fully saturated rings. The number of likely N-dealkylation sites (N-methyl/N-ethyl adjacent to an activating group) is 1. The molecular formula is C12H21N3O3S. The highest BCUT2D eigenvalue weighted by Gasteiger charge is 2.26. The number of nitrogens with one attached hydrogen (secondary N) is 1. The molecule has 0 radical (unpaired) electrons. The van der Waals surface area contributed by atoms with Crippen LogP contribution in [0.15, 0.2) is 23.4 Å². The predicted molar refractivity (Wildman–Crippen MR) is 74.5 cm³/mol. The first-order valence-corrected chi connectivity index (χ1v) is 7.81. The van der Waals surface area contributed by atoms with Gasteiger partial charge in [-0.15, -0.1) is 0 Å². The Labute approximate surface area is 114 Å². The quantitative estimate of drug-likeness (QED) is 0.742. The molecule has 1 aromatic heterocycles. The fourth-order valence-electron chi connectivity index (χ4n) is 1.67. The maximum Gasteiger partial charge on any atom is 0.262 e. The van der Waals surface area contributed by atoms with Crippen molar-refractivity contribution in [1.82, 2.24) is 9.29 Å². The Morgan fingerprint density at radius 1 is 1.42 bits per heavy atom. The summed E-state index contributed by atoms with van der Waals surface area (Å²) in [5.41, 5.74) is 0.501. The normalized spacial score (nSPS) is 11.8. The third-order valence-electron chi connectivity index (χ3n) is 2.62. The van der Waals surface area contributed by atoms with E-state index in [1.54, 1.807) is 19.1 Å². The molecule has 1 rings (SSSR count). The molecule has 2 N–H and O–H groups in total. The van der Waals surface area contributed by atoms with Gasteiger partial charge in [-0.3, -0.25) is 0 Å². The summed E-state index contributed by atoms with van der Waals surface area (Å²) in [5, 5.41) is 12.0. The highest BCUT2D eigenvalue weighted by Crippen LogP contribution is 2.21. The first-order chi connectivity index (χ1) is 9.07. The summed E-state index contributed by atoms with van der Waals surface area (Å²) < 4.78 is 26.1. The lowest BCUT2D eigenvalue weighted by atomic mass is 10.4. The van der Waals surface area contributed by atoms with Crippen LogP contribution < -0.4 is 5.32 Å². The second kappa shape index (κ2) is 7.42. The number of aromatic nitrogens is 1. The second-order valence-electron chi connectivity index (χ2n) is 4.00. The fourth-order valence-corrected chi connectivity index (χ4v) is 3.19. The summed E-state index contributed by atoms with van der Waals surface area (Å²) in [5.74, 6) is 0. The van der Waals surface area contributed by atoms with Crippen molar-refractivity contribution >= 4 is 15.7 Å². The predicted octanol–water partition coefficient (Wildman–Crippen LogP) is 0.906. The Hall–Kier alpha value is -1.18. The van der Waals surface area contributed by atoms with Gasteiger partial charge in [0.1, 0.15) is 0 Å². The molecule has 6 nitrogen and oxygen atoms in total. The van der Waals surface area contributed by atoms with Gasteiger partial charge in [-0.25, -0.2) is 13.4 Å². The van der Waals surface area contributed by atoms with Crippen molar-refractivity contribution in [2.24, 2.45) is 0 Å². The minimum Gasteiger partial charge on any atom is -0.395 e. The van der Waals surface area contributed by atoms with E-state index in [1.165, 1.54) is 10.5 Å². The average molecular weight is 287 g/mol. The lowest BCUT2D eigenvalue weighted by Gasteiger charge is -2.20. The molecule has 7 heteroatoms. The van der Waals surface area contributed by atoms with Crippen LogP contribution in [-0.2, 0) is 10.0 Å².